The lowest BCUT2D eigenvalue weighted by atomic mass is 10.2. The molecule has 1 aromatic carbocycles. The molecule has 1 amide bonds. The summed E-state index contributed by atoms with van der Waals surface area (Å²) in [6.07, 6.45) is 0.432. The number of amides is 1. The first-order valence-electron chi connectivity index (χ1n) is 8.12. The van der Waals surface area contributed by atoms with E-state index in [1.54, 1.807) is 11.3 Å². The van der Waals surface area contributed by atoms with Crippen LogP contribution in [0.5, 0.6) is 0 Å². The minimum atomic E-state index is 0. The highest BCUT2D eigenvalue weighted by atomic mass is 35.5. The monoisotopic (exact) mass is 400 g/mol. The molecule has 1 fully saturated rings. The Morgan fingerprint density at radius 2 is 1.88 bits per heavy atom. The number of ether oxygens (including phenoxy) is 1. The third-order valence-corrected chi connectivity index (χ3v) is 5.37. The van der Waals surface area contributed by atoms with Crippen molar-refractivity contribution in [3.05, 3.63) is 46.3 Å². The van der Waals surface area contributed by atoms with Crippen LogP contribution in [-0.4, -0.2) is 50.2 Å². The fourth-order valence-corrected chi connectivity index (χ4v) is 3.78. The van der Waals surface area contributed by atoms with Crippen LogP contribution < -0.4 is 5.32 Å². The summed E-state index contributed by atoms with van der Waals surface area (Å²) in [7, 11) is 0. The number of rotatable bonds is 6. The molecule has 2 aromatic rings. The Labute approximate surface area is 163 Å². The number of nitrogens with one attached hydrogen (secondary N) is 1. The molecule has 2 heterocycles. The molecule has 1 aromatic heterocycles. The summed E-state index contributed by atoms with van der Waals surface area (Å²) >= 11 is 7.57. The van der Waals surface area contributed by atoms with Gasteiger partial charge in [0.05, 0.1) is 19.6 Å². The molecule has 0 aliphatic carbocycles. The molecule has 0 bridgehead atoms. The van der Waals surface area contributed by atoms with Crippen LogP contribution in [0.4, 0.5) is 0 Å². The number of halogens is 2. The van der Waals surface area contributed by atoms with Gasteiger partial charge in [0, 0.05) is 41.0 Å². The molecule has 0 atom stereocenters. The maximum atomic E-state index is 12.1. The fourth-order valence-electron chi connectivity index (χ4n) is 2.64. The SMILES string of the molecule is Cl.O=C(Cc1ccc(-c2ccc(Cl)cc2)s1)NCCN1CCOCC1. The average Bonchev–Trinajstić information content (AvgIpc) is 3.05. The van der Waals surface area contributed by atoms with Crippen molar-refractivity contribution in [1.82, 2.24) is 10.2 Å². The van der Waals surface area contributed by atoms with Crippen molar-refractivity contribution in [2.45, 2.75) is 6.42 Å². The van der Waals surface area contributed by atoms with Crippen molar-refractivity contribution in [1.29, 1.82) is 0 Å². The molecule has 1 aliphatic heterocycles. The molecule has 4 nitrogen and oxygen atoms in total. The predicted octanol–water partition coefficient (Wildman–Crippen LogP) is 3.48. The molecule has 0 unspecified atom stereocenters. The van der Waals surface area contributed by atoms with Crippen LogP contribution in [0.1, 0.15) is 4.88 Å². The Bertz CT molecular complexity index is 670. The van der Waals surface area contributed by atoms with Gasteiger partial charge < -0.3 is 10.1 Å². The normalized spacial score (nSPS) is 14.8. The quantitative estimate of drug-likeness (QED) is 0.806. The van der Waals surface area contributed by atoms with Gasteiger partial charge in [0.15, 0.2) is 0 Å². The van der Waals surface area contributed by atoms with Gasteiger partial charge in [0.2, 0.25) is 5.91 Å². The van der Waals surface area contributed by atoms with Gasteiger partial charge in [-0.2, -0.15) is 0 Å². The summed E-state index contributed by atoms with van der Waals surface area (Å²) in [6.45, 7) is 5.05. The fraction of sp³-hybridized carbons (Fsp3) is 0.389. The maximum Gasteiger partial charge on any atom is 0.225 e. The Morgan fingerprint density at radius 3 is 2.60 bits per heavy atom. The van der Waals surface area contributed by atoms with Crippen molar-refractivity contribution in [3.8, 4) is 10.4 Å². The molecule has 0 radical (unpaired) electrons. The summed E-state index contributed by atoms with van der Waals surface area (Å²) < 4.78 is 5.32. The van der Waals surface area contributed by atoms with Crippen LogP contribution in [0.15, 0.2) is 36.4 Å². The van der Waals surface area contributed by atoms with E-state index in [-0.39, 0.29) is 18.3 Å². The second-order valence-electron chi connectivity index (χ2n) is 5.75. The maximum absolute atomic E-state index is 12.1. The largest absolute Gasteiger partial charge is 0.379 e. The smallest absolute Gasteiger partial charge is 0.225 e. The number of thiophene rings is 1. The topological polar surface area (TPSA) is 41.6 Å². The van der Waals surface area contributed by atoms with Crippen LogP contribution in [0.3, 0.4) is 0 Å². The highest BCUT2D eigenvalue weighted by molar-refractivity contribution is 7.15. The molecule has 0 saturated carbocycles. The number of morpholine rings is 1. The van der Waals surface area contributed by atoms with Crippen LogP contribution in [0, 0.1) is 0 Å². The molecule has 0 spiro atoms. The van der Waals surface area contributed by atoms with Crippen molar-refractivity contribution in [2.75, 3.05) is 39.4 Å². The first-order valence-corrected chi connectivity index (χ1v) is 9.31. The van der Waals surface area contributed by atoms with Gasteiger partial charge in [-0.1, -0.05) is 23.7 Å². The second kappa shape index (κ2) is 10.1. The molecule has 7 heteroatoms. The van der Waals surface area contributed by atoms with Gasteiger partial charge in [-0.3, -0.25) is 9.69 Å². The van der Waals surface area contributed by atoms with E-state index in [1.165, 1.54) is 0 Å². The molecular formula is C18H22Cl2N2O2S. The van der Waals surface area contributed by atoms with Gasteiger partial charge in [0.1, 0.15) is 0 Å². The zero-order valence-corrected chi connectivity index (χ0v) is 16.3. The predicted molar refractivity (Wildman–Crippen MR) is 106 cm³/mol. The lowest BCUT2D eigenvalue weighted by molar-refractivity contribution is -0.120. The van der Waals surface area contributed by atoms with Crippen LogP contribution in [0.25, 0.3) is 10.4 Å². The highest BCUT2D eigenvalue weighted by Crippen LogP contribution is 2.29. The summed E-state index contributed by atoms with van der Waals surface area (Å²) in [5.74, 6) is 0.0766. The van der Waals surface area contributed by atoms with E-state index in [1.807, 2.05) is 30.3 Å². The average molecular weight is 401 g/mol. The van der Waals surface area contributed by atoms with Gasteiger partial charge in [-0.25, -0.2) is 0 Å². The van der Waals surface area contributed by atoms with E-state index in [0.717, 1.165) is 53.2 Å². The zero-order chi connectivity index (χ0) is 16.8. The minimum Gasteiger partial charge on any atom is -0.379 e. The van der Waals surface area contributed by atoms with E-state index >= 15 is 0 Å². The number of carbonyl (C=O) groups is 1. The number of hydrogen-bond donors (Lipinski definition) is 1. The molecule has 1 N–H and O–H groups in total. The second-order valence-corrected chi connectivity index (χ2v) is 7.36. The number of hydrogen-bond acceptors (Lipinski definition) is 4. The first-order chi connectivity index (χ1) is 11.7. The van der Waals surface area contributed by atoms with Crippen molar-refractivity contribution >= 4 is 41.3 Å². The third kappa shape index (κ3) is 6.28. The third-order valence-electron chi connectivity index (χ3n) is 3.98. The number of carbonyl (C=O) groups excluding carboxylic acids is 1. The lowest BCUT2D eigenvalue weighted by Gasteiger charge is -2.26. The van der Waals surface area contributed by atoms with E-state index in [0.29, 0.717) is 13.0 Å². The van der Waals surface area contributed by atoms with E-state index in [4.69, 9.17) is 16.3 Å². The van der Waals surface area contributed by atoms with Crippen molar-refractivity contribution < 1.29 is 9.53 Å². The van der Waals surface area contributed by atoms with Crippen molar-refractivity contribution in [2.24, 2.45) is 0 Å². The minimum absolute atomic E-state index is 0. The first kappa shape index (κ1) is 20.2. The standard InChI is InChI=1S/C18H21ClN2O2S.ClH/c19-15-3-1-14(2-4-15)17-6-5-16(24-17)13-18(22)20-7-8-21-9-11-23-12-10-21;/h1-6H,7-13H2,(H,20,22);1H. The molecule has 1 aliphatic rings. The molecule has 3 rings (SSSR count). The molecule has 1 saturated heterocycles. The molecule has 136 valence electrons. The summed E-state index contributed by atoms with van der Waals surface area (Å²) in [5, 5.41) is 3.73. The van der Waals surface area contributed by atoms with Gasteiger partial charge >= 0.3 is 0 Å². The highest BCUT2D eigenvalue weighted by Gasteiger charge is 2.11. The van der Waals surface area contributed by atoms with Crippen LogP contribution in [-0.2, 0) is 16.0 Å². The summed E-state index contributed by atoms with van der Waals surface area (Å²) in [6, 6.07) is 11.9. The Balaban J connectivity index is 0.00000225. The number of benzene rings is 1. The van der Waals surface area contributed by atoms with Crippen LogP contribution >= 0.6 is 35.3 Å². The summed E-state index contributed by atoms with van der Waals surface area (Å²) in [5.41, 5.74) is 1.13. The van der Waals surface area contributed by atoms with E-state index in [9.17, 15) is 4.79 Å². The Hall–Kier alpha value is -1.11. The molecular weight excluding hydrogens is 379 g/mol. The molecule has 25 heavy (non-hydrogen) atoms. The van der Waals surface area contributed by atoms with Crippen molar-refractivity contribution in [3.63, 3.8) is 0 Å². The Kier molecular flexibility index (Phi) is 8.19. The van der Waals surface area contributed by atoms with E-state index in [2.05, 4.69) is 16.3 Å². The van der Waals surface area contributed by atoms with E-state index < -0.39 is 0 Å². The lowest BCUT2D eigenvalue weighted by Crippen LogP contribution is -2.41. The zero-order valence-electron chi connectivity index (χ0n) is 13.9. The van der Waals surface area contributed by atoms with Gasteiger partial charge in [-0.15, -0.1) is 23.7 Å². The van der Waals surface area contributed by atoms with Crippen LogP contribution in [0.2, 0.25) is 5.02 Å². The summed E-state index contributed by atoms with van der Waals surface area (Å²) in [4.78, 5) is 16.6. The number of nitrogens with zero attached hydrogens (tertiary/aromatic N) is 1. The Morgan fingerprint density at radius 1 is 1.16 bits per heavy atom. The van der Waals surface area contributed by atoms with Gasteiger partial charge in [-0.05, 0) is 29.8 Å². The van der Waals surface area contributed by atoms with Gasteiger partial charge in [0.25, 0.3) is 0 Å².